The normalized spacial score (nSPS) is 13.5. The van der Waals surface area contributed by atoms with Crippen molar-refractivity contribution in [3.05, 3.63) is 70.2 Å². The smallest absolute Gasteiger partial charge is 0.389 e. The molecule has 1 heterocycles. The van der Waals surface area contributed by atoms with E-state index in [-0.39, 0.29) is 42.7 Å². The number of carbonyl (C=O) groups is 1. The number of hydrogen-bond donors (Lipinski definition) is 3. The zero-order valence-corrected chi connectivity index (χ0v) is 23.6. The Balaban J connectivity index is 1.52. The van der Waals surface area contributed by atoms with Crippen LogP contribution in [0.15, 0.2) is 48.5 Å². The molecule has 3 aromatic rings. The molecule has 0 spiro atoms. The lowest BCUT2D eigenvalue weighted by molar-refractivity contribution is -0.140. The van der Waals surface area contributed by atoms with Crippen LogP contribution in [0, 0.1) is 6.92 Å². The maximum absolute atomic E-state index is 12.6. The highest BCUT2D eigenvalue weighted by Gasteiger charge is 2.26. The average molecular weight is 610 g/mol. The molecule has 0 fully saturated rings. The first-order valence-electron chi connectivity index (χ1n) is 13.3. The number of carboxylic acids is 1. The minimum Gasteiger partial charge on any atom is -0.493 e. The number of carboxylic acid groups (broad SMARTS) is 1. The minimum absolute atomic E-state index is 0.0667. The standard InChI is InChI=1S/C30H31ClF3NO7/c1-18-20(4-2-5-22(18)19-6-7-25-28(13-19)41-11-10-40-25)17-42-27-14-26(39-9-3-8-30(32,33)34)21(12-23(27)31)15-35-24(16-36)29(37)38/h2,4-7,12-14,24,35-36H,3,8-11,15-17H2,1H3,(H,37,38). The number of aliphatic hydroxyl groups is 1. The van der Waals surface area contributed by atoms with Crippen LogP contribution >= 0.6 is 11.6 Å². The van der Waals surface area contributed by atoms with Crippen LogP contribution in [0.25, 0.3) is 11.1 Å². The Morgan fingerprint density at radius 1 is 1.05 bits per heavy atom. The Hall–Kier alpha value is -3.67. The predicted octanol–water partition coefficient (Wildman–Crippen LogP) is 5.92. The molecule has 0 aliphatic carbocycles. The minimum atomic E-state index is -4.32. The second-order valence-electron chi connectivity index (χ2n) is 9.65. The lowest BCUT2D eigenvalue weighted by Crippen LogP contribution is -2.39. The molecule has 3 aromatic carbocycles. The van der Waals surface area contributed by atoms with Gasteiger partial charge in [-0.25, -0.2) is 0 Å². The number of alkyl halides is 3. The Morgan fingerprint density at radius 2 is 1.81 bits per heavy atom. The number of rotatable bonds is 13. The summed E-state index contributed by atoms with van der Waals surface area (Å²) in [5, 5.41) is 21.4. The number of halogens is 4. The molecule has 1 aliphatic rings. The summed E-state index contributed by atoms with van der Waals surface area (Å²) in [4.78, 5) is 11.3. The van der Waals surface area contributed by atoms with Crippen molar-refractivity contribution in [2.45, 2.75) is 45.1 Å². The summed E-state index contributed by atoms with van der Waals surface area (Å²) in [6.07, 6.45) is -5.60. The van der Waals surface area contributed by atoms with Crippen LogP contribution in [-0.2, 0) is 17.9 Å². The van der Waals surface area contributed by atoms with Crippen LogP contribution < -0.4 is 24.3 Å². The van der Waals surface area contributed by atoms with E-state index in [0.717, 1.165) is 22.3 Å². The zero-order valence-electron chi connectivity index (χ0n) is 22.8. The summed E-state index contributed by atoms with van der Waals surface area (Å²) in [5.41, 5.74) is 4.18. The fraction of sp³-hybridized carbons (Fsp3) is 0.367. The fourth-order valence-electron chi connectivity index (χ4n) is 4.40. The van der Waals surface area contributed by atoms with E-state index in [1.165, 1.54) is 12.1 Å². The summed E-state index contributed by atoms with van der Waals surface area (Å²) in [6, 6.07) is 13.3. The van der Waals surface area contributed by atoms with E-state index >= 15 is 0 Å². The number of aliphatic carboxylic acids is 1. The van der Waals surface area contributed by atoms with Crippen molar-refractivity contribution >= 4 is 17.6 Å². The quantitative estimate of drug-likeness (QED) is 0.205. The Bertz CT molecular complexity index is 1400. The molecular weight excluding hydrogens is 579 g/mol. The van der Waals surface area contributed by atoms with Gasteiger partial charge in [-0.2, -0.15) is 13.2 Å². The van der Waals surface area contributed by atoms with Gasteiger partial charge in [0.2, 0.25) is 0 Å². The number of nitrogens with one attached hydrogen (secondary N) is 1. The molecule has 4 rings (SSSR count). The summed E-state index contributed by atoms with van der Waals surface area (Å²) in [7, 11) is 0. The van der Waals surface area contributed by atoms with Crippen molar-refractivity contribution in [3.63, 3.8) is 0 Å². The topological polar surface area (TPSA) is 106 Å². The van der Waals surface area contributed by atoms with Crippen LogP contribution in [0.5, 0.6) is 23.0 Å². The third kappa shape index (κ3) is 8.21. The van der Waals surface area contributed by atoms with Gasteiger partial charge in [0, 0.05) is 24.6 Å². The zero-order chi connectivity index (χ0) is 30.3. The van der Waals surface area contributed by atoms with Gasteiger partial charge < -0.3 is 29.2 Å². The molecular formula is C30H31ClF3NO7. The summed E-state index contributed by atoms with van der Waals surface area (Å²) < 4.78 is 60.8. The second kappa shape index (κ2) is 14.0. The van der Waals surface area contributed by atoms with Gasteiger partial charge in [0.25, 0.3) is 0 Å². The van der Waals surface area contributed by atoms with E-state index in [0.29, 0.717) is 30.3 Å². The van der Waals surface area contributed by atoms with Crippen LogP contribution in [-0.4, -0.2) is 54.8 Å². The highest BCUT2D eigenvalue weighted by molar-refractivity contribution is 6.32. The second-order valence-corrected chi connectivity index (χ2v) is 10.1. The predicted molar refractivity (Wildman–Crippen MR) is 150 cm³/mol. The average Bonchev–Trinajstić information content (AvgIpc) is 2.95. The molecule has 0 radical (unpaired) electrons. The molecule has 0 amide bonds. The van der Waals surface area contributed by atoms with Gasteiger partial charge in [-0.3, -0.25) is 10.1 Å². The van der Waals surface area contributed by atoms with Crippen LogP contribution in [0.4, 0.5) is 13.2 Å². The summed E-state index contributed by atoms with van der Waals surface area (Å²) >= 11 is 6.49. The molecule has 226 valence electrons. The fourth-order valence-corrected chi connectivity index (χ4v) is 4.64. The van der Waals surface area contributed by atoms with Gasteiger partial charge in [0.15, 0.2) is 11.5 Å². The van der Waals surface area contributed by atoms with E-state index in [1.807, 2.05) is 43.3 Å². The molecule has 1 aliphatic heterocycles. The molecule has 0 saturated carbocycles. The third-order valence-electron chi connectivity index (χ3n) is 6.68. The van der Waals surface area contributed by atoms with Gasteiger partial charge in [0.05, 0.1) is 18.2 Å². The lowest BCUT2D eigenvalue weighted by atomic mass is 9.96. The number of fused-ring (bicyclic) bond motifs is 1. The SMILES string of the molecule is Cc1c(COc2cc(OCCCC(F)(F)F)c(CNC(CO)C(=O)O)cc2Cl)cccc1-c1ccc2c(c1)OCCO2. The van der Waals surface area contributed by atoms with Gasteiger partial charge in [-0.1, -0.05) is 35.9 Å². The largest absolute Gasteiger partial charge is 0.493 e. The van der Waals surface area contributed by atoms with E-state index in [1.54, 1.807) is 0 Å². The molecule has 42 heavy (non-hydrogen) atoms. The first-order chi connectivity index (χ1) is 20.1. The Labute approximate surface area is 245 Å². The monoisotopic (exact) mass is 609 g/mol. The van der Waals surface area contributed by atoms with Crippen molar-refractivity contribution < 1.29 is 47.1 Å². The number of hydrogen-bond acceptors (Lipinski definition) is 7. The third-order valence-corrected chi connectivity index (χ3v) is 6.97. The van der Waals surface area contributed by atoms with Crippen molar-refractivity contribution in [2.75, 3.05) is 26.4 Å². The van der Waals surface area contributed by atoms with Gasteiger partial charge in [0.1, 0.15) is 37.4 Å². The van der Waals surface area contributed by atoms with E-state index in [2.05, 4.69) is 5.32 Å². The molecule has 3 N–H and O–H groups in total. The molecule has 8 nitrogen and oxygen atoms in total. The molecule has 1 atom stereocenters. The summed E-state index contributed by atoms with van der Waals surface area (Å²) in [6.45, 7) is 2.14. The first kappa shape index (κ1) is 31.3. The Kier molecular flexibility index (Phi) is 10.4. The van der Waals surface area contributed by atoms with Crippen molar-refractivity contribution in [1.82, 2.24) is 5.32 Å². The van der Waals surface area contributed by atoms with Crippen molar-refractivity contribution in [2.24, 2.45) is 0 Å². The first-order valence-corrected chi connectivity index (χ1v) is 13.6. The van der Waals surface area contributed by atoms with E-state index < -0.39 is 31.2 Å². The van der Waals surface area contributed by atoms with E-state index in [9.17, 15) is 28.2 Å². The van der Waals surface area contributed by atoms with Crippen molar-refractivity contribution in [3.8, 4) is 34.1 Å². The highest BCUT2D eigenvalue weighted by atomic mass is 35.5. The van der Waals surface area contributed by atoms with Gasteiger partial charge in [-0.15, -0.1) is 0 Å². The van der Waals surface area contributed by atoms with Crippen LogP contribution in [0.3, 0.4) is 0 Å². The maximum Gasteiger partial charge on any atom is 0.389 e. The molecule has 0 bridgehead atoms. The number of aliphatic hydroxyl groups excluding tert-OH is 1. The summed E-state index contributed by atoms with van der Waals surface area (Å²) in [5.74, 6) is 0.546. The lowest BCUT2D eigenvalue weighted by Gasteiger charge is -2.20. The molecule has 12 heteroatoms. The van der Waals surface area contributed by atoms with Gasteiger partial charge >= 0.3 is 12.1 Å². The van der Waals surface area contributed by atoms with Crippen molar-refractivity contribution in [1.29, 1.82) is 0 Å². The maximum atomic E-state index is 12.6. The molecule has 0 saturated heterocycles. The Morgan fingerprint density at radius 3 is 2.52 bits per heavy atom. The molecule has 1 unspecified atom stereocenters. The number of benzene rings is 3. The highest BCUT2D eigenvalue weighted by Crippen LogP contribution is 2.37. The van der Waals surface area contributed by atoms with Gasteiger partial charge in [-0.05, 0) is 53.8 Å². The van der Waals surface area contributed by atoms with E-state index in [4.69, 9.17) is 30.5 Å². The number of ether oxygens (including phenoxy) is 4. The van der Waals surface area contributed by atoms with Crippen LogP contribution in [0.1, 0.15) is 29.5 Å². The van der Waals surface area contributed by atoms with Crippen LogP contribution in [0.2, 0.25) is 5.02 Å². The molecule has 0 aromatic heterocycles.